The molecule has 0 bridgehead atoms. The highest BCUT2D eigenvalue weighted by Gasteiger charge is 2.27. The minimum absolute atomic E-state index is 0.453. The van der Waals surface area contributed by atoms with Gasteiger partial charge in [-0.3, -0.25) is 0 Å². The van der Waals surface area contributed by atoms with Crippen molar-refractivity contribution in [2.24, 2.45) is 5.92 Å². The summed E-state index contributed by atoms with van der Waals surface area (Å²) in [6.45, 7) is 9.76. The first kappa shape index (κ1) is 15.1. The van der Waals surface area contributed by atoms with Gasteiger partial charge in [-0.05, 0) is 45.4 Å². The Labute approximate surface area is 122 Å². The summed E-state index contributed by atoms with van der Waals surface area (Å²) in [5.41, 5.74) is 0. The zero-order valence-corrected chi connectivity index (χ0v) is 13.2. The van der Waals surface area contributed by atoms with Crippen molar-refractivity contribution in [1.29, 1.82) is 0 Å². The van der Waals surface area contributed by atoms with E-state index in [-0.39, 0.29) is 0 Å². The molecule has 0 saturated heterocycles. The van der Waals surface area contributed by atoms with Gasteiger partial charge in [0.15, 0.2) is 0 Å². The van der Waals surface area contributed by atoms with Gasteiger partial charge in [-0.1, -0.05) is 13.8 Å². The van der Waals surface area contributed by atoms with E-state index in [1.54, 1.807) is 0 Å². The highest BCUT2D eigenvalue weighted by molar-refractivity contribution is 5.48. The number of anilines is 2. The highest BCUT2D eigenvalue weighted by atomic mass is 15.1. The molecule has 1 unspecified atom stereocenters. The van der Waals surface area contributed by atoms with Crippen LogP contribution in [0.25, 0.3) is 0 Å². The summed E-state index contributed by atoms with van der Waals surface area (Å²) in [6.07, 6.45) is 4.89. The topological polar surface area (TPSA) is 49.8 Å². The van der Waals surface area contributed by atoms with Gasteiger partial charge in [0.1, 0.15) is 17.5 Å². The lowest BCUT2D eigenvalue weighted by molar-refractivity contribution is 0.527. The molecule has 1 atom stereocenters. The van der Waals surface area contributed by atoms with Crippen LogP contribution >= 0.6 is 0 Å². The molecule has 1 aliphatic rings. The van der Waals surface area contributed by atoms with Crippen molar-refractivity contribution in [1.82, 2.24) is 9.97 Å². The van der Waals surface area contributed by atoms with Crippen LogP contribution in [0.4, 0.5) is 11.6 Å². The molecule has 4 heteroatoms. The SMILES string of the molecule is CCNc1cc(NC(C)CCC(C)C)nc(C2CC2)n1. The molecule has 0 aliphatic heterocycles. The summed E-state index contributed by atoms with van der Waals surface area (Å²) >= 11 is 0. The van der Waals surface area contributed by atoms with Crippen LogP contribution in [0.3, 0.4) is 0 Å². The van der Waals surface area contributed by atoms with Crippen LogP contribution in [-0.4, -0.2) is 22.6 Å². The summed E-state index contributed by atoms with van der Waals surface area (Å²) in [7, 11) is 0. The number of aromatic nitrogens is 2. The van der Waals surface area contributed by atoms with Crippen molar-refractivity contribution < 1.29 is 0 Å². The van der Waals surface area contributed by atoms with E-state index < -0.39 is 0 Å². The Balaban J connectivity index is 2.01. The van der Waals surface area contributed by atoms with E-state index in [2.05, 4.69) is 48.3 Å². The fourth-order valence-electron chi connectivity index (χ4n) is 2.24. The quantitative estimate of drug-likeness (QED) is 0.753. The molecule has 0 radical (unpaired) electrons. The Morgan fingerprint density at radius 2 is 1.85 bits per heavy atom. The molecular formula is C16H28N4. The van der Waals surface area contributed by atoms with Crippen molar-refractivity contribution in [3.05, 3.63) is 11.9 Å². The van der Waals surface area contributed by atoms with Gasteiger partial charge in [-0.15, -0.1) is 0 Å². The molecule has 1 saturated carbocycles. The number of nitrogens with zero attached hydrogens (tertiary/aromatic N) is 2. The van der Waals surface area contributed by atoms with E-state index in [4.69, 9.17) is 0 Å². The van der Waals surface area contributed by atoms with Crippen molar-refractivity contribution >= 4 is 11.6 Å². The molecule has 1 aliphatic carbocycles. The largest absolute Gasteiger partial charge is 0.370 e. The van der Waals surface area contributed by atoms with Crippen molar-refractivity contribution in [2.75, 3.05) is 17.2 Å². The number of hydrogen-bond acceptors (Lipinski definition) is 4. The highest BCUT2D eigenvalue weighted by Crippen LogP contribution is 2.38. The molecule has 4 nitrogen and oxygen atoms in total. The van der Waals surface area contributed by atoms with Crippen molar-refractivity contribution in [2.45, 2.75) is 65.3 Å². The summed E-state index contributed by atoms with van der Waals surface area (Å²) < 4.78 is 0. The second-order valence-corrected chi connectivity index (χ2v) is 6.32. The zero-order chi connectivity index (χ0) is 14.5. The summed E-state index contributed by atoms with van der Waals surface area (Å²) in [6, 6.07) is 2.48. The Bertz CT molecular complexity index is 426. The van der Waals surface area contributed by atoms with E-state index >= 15 is 0 Å². The second-order valence-electron chi connectivity index (χ2n) is 6.32. The monoisotopic (exact) mass is 276 g/mol. The van der Waals surface area contributed by atoms with Gasteiger partial charge < -0.3 is 10.6 Å². The Morgan fingerprint density at radius 1 is 1.15 bits per heavy atom. The van der Waals surface area contributed by atoms with Gasteiger partial charge >= 0.3 is 0 Å². The van der Waals surface area contributed by atoms with Crippen LogP contribution in [0.2, 0.25) is 0 Å². The minimum Gasteiger partial charge on any atom is -0.370 e. The lowest BCUT2D eigenvalue weighted by Gasteiger charge is -2.17. The minimum atomic E-state index is 0.453. The van der Waals surface area contributed by atoms with Gasteiger partial charge in [-0.2, -0.15) is 0 Å². The molecule has 1 fully saturated rings. The molecular weight excluding hydrogens is 248 g/mol. The smallest absolute Gasteiger partial charge is 0.136 e. The summed E-state index contributed by atoms with van der Waals surface area (Å²) in [5.74, 6) is 4.25. The van der Waals surface area contributed by atoms with Crippen LogP contribution in [0.5, 0.6) is 0 Å². The first-order valence-electron chi connectivity index (χ1n) is 7.97. The van der Waals surface area contributed by atoms with Crippen LogP contribution in [0.1, 0.15) is 65.1 Å². The summed E-state index contributed by atoms with van der Waals surface area (Å²) in [5, 5.41) is 6.83. The third-order valence-electron chi connectivity index (χ3n) is 3.62. The van der Waals surface area contributed by atoms with Crippen molar-refractivity contribution in [3.8, 4) is 0 Å². The van der Waals surface area contributed by atoms with E-state index in [1.807, 2.05) is 6.07 Å². The molecule has 0 aromatic carbocycles. The number of nitrogens with one attached hydrogen (secondary N) is 2. The average molecular weight is 276 g/mol. The van der Waals surface area contributed by atoms with Gasteiger partial charge in [0, 0.05) is 24.6 Å². The molecule has 2 N–H and O–H groups in total. The third kappa shape index (κ3) is 4.66. The first-order valence-corrected chi connectivity index (χ1v) is 7.97. The van der Waals surface area contributed by atoms with E-state index in [1.165, 1.54) is 25.7 Å². The normalized spacial score (nSPS) is 16.2. The van der Waals surface area contributed by atoms with E-state index in [9.17, 15) is 0 Å². The van der Waals surface area contributed by atoms with Gasteiger partial charge in [0.05, 0.1) is 0 Å². The van der Waals surface area contributed by atoms with Crippen LogP contribution < -0.4 is 10.6 Å². The van der Waals surface area contributed by atoms with E-state index in [0.717, 1.165) is 29.9 Å². The zero-order valence-electron chi connectivity index (χ0n) is 13.2. The first-order chi connectivity index (χ1) is 9.58. The number of rotatable bonds is 8. The average Bonchev–Trinajstić information content (AvgIpc) is 3.20. The Morgan fingerprint density at radius 3 is 2.45 bits per heavy atom. The second kappa shape index (κ2) is 6.91. The standard InChI is InChI=1S/C16H28N4/c1-5-17-14-10-15(18-12(4)7-6-11(2)3)20-16(19-14)13-8-9-13/h10-13H,5-9H2,1-4H3,(H2,17,18,19,20). The number of hydrogen-bond donors (Lipinski definition) is 2. The molecule has 1 heterocycles. The molecule has 2 rings (SSSR count). The molecule has 0 spiro atoms. The molecule has 112 valence electrons. The van der Waals surface area contributed by atoms with Crippen LogP contribution in [-0.2, 0) is 0 Å². The molecule has 1 aromatic heterocycles. The van der Waals surface area contributed by atoms with Gasteiger partial charge in [0.2, 0.25) is 0 Å². The van der Waals surface area contributed by atoms with Crippen LogP contribution in [0.15, 0.2) is 6.07 Å². The molecule has 1 aromatic rings. The maximum atomic E-state index is 4.68. The predicted octanol–water partition coefficient (Wildman–Crippen LogP) is 4.02. The molecule has 20 heavy (non-hydrogen) atoms. The fraction of sp³-hybridized carbons (Fsp3) is 0.750. The van der Waals surface area contributed by atoms with Crippen LogP contribution in [0, 0.1) is 5.92 Å². The molecule has 0 amide bonds. The maximum Gasteiger partial charge on any atom is 0.136 e. The Kier molecular flexibility index (Phi) is 5.21. The summed E-state index contributed by atoms with van der Waals surface area (Å²) in [4.78, 5) is 9.29. The Hall–Kier alpha value is -1.32. The van der Waals surface area contributed by atoms with Gasteiger partial charge in [-0.25, -0.2) is 9.97 Å². The lowest BCUT2D eigenvalue weighted by Crippen LogP contribution is -2.18. The fourth-order valence-corrected chi connectivity index (χ4v) is 2.24. The van der Waals surface area contributed by atoms with E-state index in [0.29, 0.717) is 12.0 Å². The predicted molar refractivity (Wildman–Crippen MR) is 85.3 cm³/mol. The third-order valence-corrected chi connectivity index (χ3v) is 3.62. The van der Waals surface area contributed by atoms with Gasteiger partial charge in [0.25, 0.3) is 0 Å². The lowest BCUT2D eigenvalue weighted by atomic mass is 10.0. The maximum absolute atomic E-state index is 4.68. The van der Waals surface area contributed by atoms with Crippen molar-refractivity contribution in [3.63, 3.8) is 0 Å².